The number of fused-ring (bicyclic) bond motifs is 1. The number of amides is 1. The van der Waals surface area contributed by atoms with Crippen LogP contribution in [0.15, 0.2) is 47.1 Å². The Bertz CT molecular complexity index is 1050. The van der Waals surface area contributed by atoms with Crippen LogP contribution in [0.5, 0.6) is 17.2 Å². The monoisotopic (exact) mass is 393 g/mol. The summed E-state index contributed by atoms with van der Waals surface area (Å²) in [4.78, 5) is 19.3. The lowest BCUT2D eigenvalue weighted by Crippen LogP contribution is -2.31. The van der Waals surface area contributed by atoms with E-state index in [0.717, 1.165) is 24.1 Å². The number of aromatic nitrogens is 2. The Morgan fingerprint density at radius 1 is 1.17 bits per heavy atom. The van der Waals surface area contributed by atoms with Crippen molar-refractivity contribution in [3.63, 3.8) is 0 Å². The smallest absolute Gasteiger partial charge is 0.276 e. The summed E-state index contributed by atoms with van der Waals surface area (Å²) in [6.07, 6.45) is 3.44. The van der Waals surface area contributed by atoms with E-state index in [4.69, 9.17) is 18.7 Å². The van der Waals surface area contributed by atoms with Crippen LogP contribution in [0.25, 0.3) is 11.3 Å². The Morgan fingerprint density at radius 3 is 2.90 bits per heavy atom. The van der Waals surface area contributed by atoms with Crippen molar-refractivity contribution in [3.8, 4) is 28.6 Å². The summed E-state index contributed by atoms with van der Waals surface area (Å²) in [5, 5.41) is 4.01. The molecule has 1 amide bonds. The minimum atomic E-state index is -0.166. The molecular formula is C21H19N3O5. The van der Waals surface area contributed by atoms with Crippen molar-refractivity contribution in [1.82, 2.24) is 15.0 Å². The highest BCUT2D eigenvalue weighted by atomic mass is 16.7. The molecule has 0 bridgehead atoms. The number of hydrogen-bond acceptors (Lipinski definition) is 7. The molecule has 2 aromatic heterocycles. The van der Waals surface area contributed by atoms with Crippen LogP contribution in [0.4, 0.5) is 0 Å². The molecule has 2 aliphatic heterocycles. The van der Waals surface area contributed by atoms with E-state index in [0.29, 0.717) is 29.6 Å². The fourth-order valence-electron chi connectivity index (χ4n) is 3.74. The summed E-state index contributed by atoms with van der Waals surface area (Å²) in [5.74, 6) is 2.37. The molecular weight excluding hydrogens is 374 g/mol. The number of rotatable bonds is 4. The van der Waals surface area contributed by atoms with Gasteiger partial charge in [0.1, 0.15) is 5.75 Å². The number of nitrogens with zero attached hydrogens (tertiary/aromatic N) is 3. The van der Waals surface area contributed by atoms with Gasteiger partial charge < -0.3 is 23.6 Å². The minimum Gasteiger partial charge on any atom is -0.495 e. The van der Waals surface area contributed by atoms with E-state index in [-0.39, 0.29) is 24.4 Å². The van der Waals surface area contributed by atoms with Crippen molar-refractivity contribution in [2.45, 2.75) is 18.9 Å². The number of likely N-dealkylation sites (tertiary alicyclic amines) is 1. The lowest BCUT2D eigenvalue weighted by atomic mass is 10.1. The molecule has 0 aliphatic carbocycles. The zero-order valence-corrected chi connectivity index (χ0v) is 15.8. The van der Waals surface area contributed by atoms with Crippen molar-refractivity contribution in [2.24, 2.45) is 0 Å². The molecule has 1 saturated heterocycles. The van der Waals surface area contributed by atoms with Gasteiger partial charge in [0.05, 0.1) is 25.0 Å². The normalized spacial score (nSPS) is 17.6. The summed E-state index contributed by atoms with van der Waals surface area (Å²) in [6, 6.07) is 10.8. The Hall–Kier alpha value is -3.55. The van der Waals surface area contributed by atoms with Gasteiger partial charge in [0, 0.05) is 18.2 Å². The SMILES string of the molecule is COc1ccc(C2CCCN2C(=O)c2cc(-c3ccc4c(c3)OCO4)on2)nc1. The summed E-state index contributed by atoms with van der Waals surface area (Å²) < 4.78 is 21.3. The summed E-state index contributed by atoms with van der Waals surface area (Å²) in [7, 11) is 1.60. The molecule has 5 rings (SSSR count). The van der Waals surface area contributed by atoms with Crippen LogP contribution in [0.2, 0.25) is 0 Å². The highest BCUT2D eigenvalue weighted by molar-refractivity contribution is 5.93. The van der Waals surface area contributed by atoms with Gasteiger partial charge in [-0.25, -0.2) is 0 Å². The van der Waals surface area contributed by atoms with Crippen LogP contribution in [-0.4, -0.2) is 41.4 Å². The quantitative estimate of drug-likeness (QED) is 0.671. The maximum Gasteiger partial charge on any atom is 0.276 e. The molecule has 2 aliphatic rings. The van der Waals surface area contributed by atoms with Crippen molar-refractivity contribution < 1.29 is 23.5 Å². The van der Waals surface area contributed by atoms with Gasteiger partial charge in [-0.1, -0.05) is 5.16 Å². The van der Waals surface area contributed by atoms with Crippen LogP contribution in [-0.2, 0) is 0 Å². The largest absolute Gasteiger partial charge is 0.495 e. The summed E-state index contributed by atoms with van der Waals surface area (Å²) in [5.41, 5.74) is 1.89. The van der Waals surface area contributed by atoms with E-state index in [1.54, 1.807) is 24.3 Å². The molecule has 1 atom stereocenters. The second kappa shape index (κ2) is 7.12. The van der Waals surface area contributed by atoms with E-state index < -0.39 is 0 Å². The lowest BCUT2D eigenvalue weighted by molar-refractivity contribution is 0.0722. The van der Waals surface area contributed by atoms with E-state index >= 15 is 0 Å². The van der Waals surface area contributed by atoms with Crippen molar-refractivity contribution in [2.75, 3.05) is 20.4 Å². The molecule has 0 saturated carbocycles. The fraction of sp³-hybridized carbons (Fsp3) is 0.286. The molecule has 0 spiro atoms. The van der Waals surface area contributed by atoms with Crippen LogP contribution in [0.1, 0.15) is 35.1 Å². The molecule has 1 aromatic carbocycles. The first-order chi connectivity index (χ1) is 14.2. The predicted octanol–water partition coefficient (Wildman–Crippen LogP) is 3.45. The molecule has 3 aromatic rings. The van der Waals surface area contributed by atoms with Crippen molar-refractivity contribution in [1.29, 1.82) is 0 Å². The van der Waals surface area contributed by atoms with E-state index in [1.807, 2.05) is 30.3 Å². The van der Waals surface area contributed by atoms with Crippen LogP contribution in [0, 0.1) is 0 Å². The van der Waals surface area contributed by atoms with Crippen LogP contribution in [0.3, 0.4) is 0 Å². The second-order valence-corrected chi connectivity index (χ2v) is 6.92. The van der Waals surface area contributed by atoms with Gasteiger partial charge in [0.25, 0.3) is 5.91 Å². The number of hydrogen-bond donors (Lipinski definition) is 0. The first kappa shape index (κ1) is 17.5. The summed E-state index contributed by atoms with van der Waals surface area (Å²) in [6.45, 7) is 0.859. The molecule has 8 heteroatoms. The number of methoxy groups -OCH3 is 1. The van der Waals surface area contributed by atoms with Gasteiger partial charge in [0.15, 0.2) is 23.0 Å². The van der Waals surface area contributed by atoms with E-state index in [2.05, 4.69) is 10.1 Å². The second-order valence-electron chi connectivity index (χ2n) is 6.92. The highest BCUT2D eigenvalue weighted by Gasteiger charge is 2.33. The maximum absolute atomic E-state index is 13.1. The standard InChI is InChI=1S/C21H19N3O5/c1-26-14-5-6-15(22-11-14)17-3-2-8-24(17)21(25)16-10-19(29-23-16)13-4-7-18-20(9-13)28-12-27-18/h4-7,9-11,17H,2-3,8,12H2,1H3. The Labute approximate surface area is 167 Å². The topological polar surface area (TPSA) is 86.9 Å². The highest BCUT2D eigenvalue weighted by Crippen LogP contribution is 2.37. The van der Waals surface area contributed by atoms with Gasteiger partial charge in [-0.05, 0) is 43.2 Å². The number of pyridine rings is 1. The third kappa shape index (κ3) is 3.16. The molecule has 148 valence electrons. The van der Waals surface area contributed by atoms with Gasteiger partial charge >= 0.3 is 0 Å². The van der Waals surface area contributed by atoms with Crippen molar-refractivity contribution >= 4 is 5.91 Å². The van der Waals surface area contributed by atoms with E-state index in [1.165, 1.54) is 0 Å². The first-order valence-electron chi connectivity index (χ1n) is 9.40. The average Bonchev–Trinajstić information content (AvgIpc) is 3.53. The zero-order valence-electron chi connectivity index (χ0n) is 15.8. The molecule has 4 heterocycles. The lowest BCUT2D eigenvalue weighted by Gasteiger charge is -2.23. The molecule has 1 unspecified atom stereocenters. The van der Waals surface area contributed by atoms with Crippen LogP contribution >= 0.6 is 0 Å². The number of carbonyl (C=O) groups excluding carboxylic acids is 1. The number of carbonyl (C=O) groups is 1. The maximum atomic E-state index is 13.1. The fourth-order valence-corrected chi connectivity index (χ4v) is 3.74. The number of benzene rings is 1. The van der Waals surface area contributed by atoms with Gasteiger partial charge in [-0.15, -0.1) is 0 Å². The minimum absolute atomic E-state index is 0.0842. The van der Waals surface area contributed by atoms with Gasteiger partial charge in [-0.2, -0.15) is 0 Å². The molecule has 0 radical (unpaired) electrons. The zero-order chi connectivity index (χ0) is 19.8. The average molecular weight is 393 g/mol. The third-order valence-corrected chi connectivity index (χ3v) is 5.24. The van der Waals surface area contributed by atoms with Crippen molar-refractivity contribution in [3.05, 3.63) is 54.0 Å². The van der Waals surface area contributed by atoms with Gasteiger partial charge in [-0.3, -0.25) is 9.78 Å². The van der Waals surface area contributed by atoms with Gasteiger partial charge in [0.2, 0.25) is 6.79 Å². The Kier molecular flexibility index (Phi) is 4.31. The third-order valence-electron chi connectivity index (χ3n) is 5.24. The first-order valence-corrected chi connectivity index (χ1v) is 9.40. The molecule has 29 heavy (non-hydrogen) atoms. The molecule has 8 nitrogen and oxygen atoms in total. The molecule has 0 N–H and O–H groups in total. The Morgan fingerprint density at radius 2 is 2.07 bits per heavy atom. The predicted molar refractivity (Wildman–Crippen MR) is 102 cm³/mol. The molecule has 1 fully saturated rings. The van der Waals surface area contributed by atoms with Crippen LogP contribution < -0.4 is 14.2 Å². The number of ether oxygens (including phenoxy) is 3. The summed E-state index contributed by atoms with van der Waals surface area (Å²) >= 11 is 0. The van der Waals surface area contributed by atoms with E-state index in [9.17, 15) is 4.79 Å². The Balaban J connectivity index is 1.37.